The Balaban J connectivity index is 1.14. The van der Waals surface area contributed by atoms with Crippen LogP contribution in [-0.2, 0) is 16.0 Å². The number of amides is 2. The molecule has 3 heterocycles. The zero-order valence-electron chi connectivity index (χ0n) is 16.6. The first-order chi connectivity index (χ1) is 14.7. The van der Waals surface area contributed by atoms with Crippen LogP contribution in [0.15, 0.2) is 42.5 Å². The summed E-state index contributed by atoms with van der Waals surface area (Å²) in [5.41, 5.74) is 1.78. The van der Waals surface area contributed by atoms with Gasteiger partial charge in [-0.2, -0.15) is 0 Å². The summed E-state index contributed by atoms with van der Waals surface area (Å²) in [6.07, 6.45) is 2.03. The third-order valence-electron chi connectivity index (χ3n) is 6.05. The summed E-state index contributed by atoms with van der Waals surface area (Å²) in [6, 6.07) is 13.3. The Hall–Kier alpha value is -3.22. The van der Waals surface area contributed by atoms with Crippen molar-refractivity contribution < 1.29 is 23.8 Å². The second-order valence-electron chi connectivity index (χ2n) is 7.98. The van der Waals surface area contributed by atoms with Crippen LogP contribution in [0.5, 0.6) is 17.2 Å². The first-order valence-electron chi connectivity index (χ1n) is 10.4. The maximum atomic E-state index is 13.0. The SMILES string of the molecule is O=C(Nc1ccc2c(c1)OCO2)C1CCN(C(=O)[C@@H]2COc3ccccc3C2)CC1. The molecule has 1 fully saturated rings. The number of piperidine rings is 1. The van der Waals surface area contributed by atoms with E-state index in [1.54, 1.807) is 12.1 Å². The van der Waals surface area contributed by atoms with Crippen LogP contribution in [0.4, 0.5) is 5.69 Å². The summed E-state index contributed by atoms with van der Waals surface area (Å²) in [5.74, 6) is 2.05. The van der Waals surface area contributed by atoms with Crippen molar-refractivity contribution in [1.82, 2.24) is 4.90 Å². The summed E-state index contributed by atoms with van der Waals surface area (Å²) < 4.78 is 16.4. The van der Waals surface area contributed by atoms with Crippen molar-refractivity contribution in [3.05, 3.63) is 48.0 Å². The Morgan fingerprint density at radius 1 is 0.900 bits per heavy atom. The van der Waals surface area contributed by atoms with Gasteiger partial charge in [-0.1, -0.05) is 18.2 Å². The molecular weight excluding hydrogens is 384 g/mol. The molecule has 1 saturated heterocycles. The highest BCUT2D eigenvalue weighted by Crippen LogP contribution is 2.34. The van der Waals surface area contributed by atoms with Crippen molar-refractivity contribution in [2.75, 3.05) is 31.8 Å². The molecule has 0 spiro atoms. The van der Waals surface area contributed by atoms with Gasteiger partial charge in [0, 0.05) is 30.8 Å². The Morgan fingerprint density at radius 3 is 2.57 bits per heavy atom. The molecule has 1 N–H and O–H groups in total. The van der Waals surface area contributed by atoms with Crippen molar-refractivity contribution in [3.8, 4) is 17.2 Å². The fourth-order valence-corrected chi connectivity index (χ4v) is 4.33. The molecule has 0 bridgehead atoms. The number of rotatable bonds is 3. The summed E-state index contributed by atoms with van der Waals surface area (Å²) in [7, 11) is 0. The maximum Gasteiger partial charge on any atom is 0.231 e. The largest absolute Gasteiger partial charge is 0.492 e. The van der Waals surface area contributed by atoms with Gasteiger partial charge in [-0.05, 0) is 43.0 Å². The molecule has 0 aliphatic carbocycles. The van der Waals surface area contributed by atoms with E-state index in [4.69, 9.17) is 14.2 Å². The van der Waals surface area contributed by atoms with Crippen molar-refractivity contribution in [2.45, 2.75) is 19.3 Å². The Bertz CT molecular complexity index is 968. The predicted octanol–water partition coefficient (Wildman–Crippen LogP) is 2.84. The summed E-state index contributed by atoms with van der Waals surface area (Å²) in [4.78, 5) is 27.5. The third-order valence-corrected chi connectivity index (χ3v) is 6.05. The van der Waals surface area contributed by atoms with E-state index < -0.39 is 0 Å². The van der Waals surface area contributed by atoms with Crippen LogP contribution in [0.1, 0.15) is 18.4 Å². The molecule has 0 aromatic heterocycles. The molecule has 5 rings (SSSR count). The number of nitrogens with zero attached hydrogens (tertiary/aromatic N) is 1. The van der Waals surface area contributed by atoms with Crippen molar-refractivity contribution in [1.29, 1.82) is 0 Å². The number of hydrogen-bond donors (Lipinski definition) is 1. The summed E-state index contributed by atoms with van der Waals surface area (Å²) >= 11 is 0. The highest BCUT2D eigenvalue weighted by atomic mass is 16.7. The minimum absolute atomic E-state index is 0.0177. The number of anilines is 1. The molecule has 1 atom stereocenters. The van der Waals surface area contributed by atoms with E-state index in [-0.39, 0.29) is 30.4 Å². The first kappa shape index (κ1) is 18.8. The molecular formula is C23H24N2O5. The van der Waals surface area contributed by atoms with Crippen molar-refractivity contribution in [2.24, 2.45) is 11.8 Å². The Morgan fingerprint density at radius 2 is 1.70 bits per heavy atom. The van der Waals surface area contributed by atoms with Gasteiger partial charge in [-0.15, -0.1) is 0 Å². The smallest absolute Gasteiger partial charge is 0.231 e. The van der Waals surface area contributed by atoms with E-state index in [9.17, 15) is 9.59 Å². The minimum atomic E-state index is -0.154. The molecule has 2 aromatic rings. The lowest BCUT2D eigenvalue weighted by Crippen LogP contribution is -2.46. The number of fused-ring (bicyclic) bond motifs is 2. The predicted molar refractivity (Wildman–Crippen MR) is 110 cm³/mol. The molecule has 0 saturated carbocycles. The van der Waals surface area contributed by atoms with Crippen LogP contribution >= 0.6 is 0 Å². The van der Waals surface area contributed by atoms with Gasteiger partial charge in [0.05, 0.1) is 5.92 Å². The quantitative estimate of drug-likeness (QED) is 0.845. The van der Waals surface area contributed by atoms with Crippen LogP contribution in [0, 0.1) is 11.8 Å². The van der Waals surface area contributed by atoms with Crippen molar-refractivity contribution >= 4 is 17.5 Å². The fourth-order valence-electron chi connectivity index (χ4n) is 4.33. The van der Waals surface area contributed by atoms with Gasteiger partial charge in [-0.3, -0.25) is 9.59 Å². The highest BCUT2D eigenvalue weighted by molar-refractivity contribution is 5.93. The van der Waals surface area contributed by atoms with Gasteiger partial charge in [0.1, 0.15) is 12.4 Å². The molecule has 3 aliphatic heterocycles. The van der Waals surface area contributed by atoms with E-state index in [1.807, 2.05) is 35.2 Å². The van der Waals surface area contributed by atoms with Crippen LogP contribution in [0.2, 0.25) is 0 Å². The van der Waals surface area contributed by atoms with Gasteiger partial charge in [0.25, 0.3) is 0 Å². The number of likely N-dealkylation sites (tertiary alicyclic amines) is 1. The number of nitrogens with one attached hydrogen (secondary N) is 1. The van der Waals surface area contributed by atoms with Gasteiger partial charge >= 0.3 is 0 Å². The second-order valence-corrected chi connectivity index (χ2v) is 7.98. The maximum absolute atomic E-state index is 13.0. The molecule has 3 aliphatic rings. The Kier molecular flexibility index (Phi) is 4.94. The van der Waals surface area contributed by atoms with E-state index >= 15 is 0 Å². The zero-order valence-corrected chi connectivity index (χ0v) is 16.6. The topological polar surface area (TPSA) is 77.1 Å². The average Bonchev–Trinajstić information content (AvgIpc) is 3.26. The number of benzene rings is 2. The Labute approximate surface area is 174 Å². The van der Waals surface area contributed by atoms with Gasteiger partial charge < -0.3 is 24.4 Å². The monoisotopic (exact) mass is 408 g/mol. The van der Waals surface area contributed by atoms with E-state index in [0.717, 1.165) is 11.3 Å². The van der Waals surface area contributed by atoms with Crippen molar-refractivity contribution in [3.63, 3.8) is 0 Å². The zero-order chi connectivity index (χ0) is 20.5. The van der Waals surface area contributed by atoms with Gasteiger partial charge in [0.15, 0.2) is 11.5 Å². The lowest BCUT2D eigenvalue weighted by Gasteiger charge is -2.35. The molecule has 2 amide bonds. The van der Waals surface area contributed by atoms with Crippen LogP contribution < -0.4 is 19.5 Å². The molecule has 30 heavy (non-hydrogen) atoms. The summed E-state index contributed by atoms with van der Waals surface area (Å²) in [5, 5.41) is 2.96. The number of para-hydroxylation sites is 1. The van der Waals surface area contributed by atoms with Crippen LogP contribution in [-0.4, -0.2) is 43.2 Å². The second kappa shape index (κ2) is 7.89. The normalized spacial score (nSPS) is 20.3. The van der Waals surface area contributed by atoms with E-state index in [1.165, 1.54) is 0 Å². The molecule has 7 heteroatoms. The molecule has 2 aromatic carbocycles. The third kappa shape index (κ3) is 3.67. The minimum Gasteiger partial charge on any atom is -0.492 e. The summed E-state index contributed by atoms with van der Waals surface area (Å²) in [6.45, 7) is 1.81. The fraction of sp³-hybridized carbons (Fsp3) is 0.391. The standard InChI is InChI=1S/C23H24N2O5/c26-22(24-18-5-6-20-21(12-18)30-14-29-20)15-7-9-25(10-8-15)23(27)17-11-16-3-1-2-4-19(16)28-13-17/h1-6,12,15,17H,7-11,13-14H2,(H,24,26)/t17-/m0/s1. The molecule has 156 valence electrons. The average molecular weight is 408 g/mol. The number of carbonyl (C=O) groups excluding carboxylic acids is 2. The van der Waals surface area contributed by atoms with E-state index in [2.05, 4.69) is 5.32 Å². The molecule has 0 unspecified atom stereocenters. The van der Waals surface area contributed by atoms with Gasteiger partial charge in [0.2, 0.25) is 18.6 Å². The van der Waals surface area contributed by atoms with Gasteiger partial charge in [-0.25, -0.2) is 0 Å². The lowest BCUT2D eigenvalue weighted by molar-refractivity contribution is -0.139. The number of hydrogen-bond acceptors (Lipinski definition) is 5. The number of ether oxygens (including phenoxy) is 3. The lowest BCUT2D eigenvalue weighted by atomic mass is 9.92. The molecule has 7 nitrogen and oxygen atoms in total. The number of carbonyl (C=O) groups is 2. The molecule has 0 radical (unpaired) electrons. The van der Waals surface area contributed by atoms with E-state index in [0.29, 0.717) is 56.1 Å². The highest BCUT2D eigenvalue weighted by Gasteiger charge is 2.33. The van der Waals surface area contributed by atoms with Crippen LogP contribution in [0.3, 0.4) is 0 Å². The first-order valence-corrected chi connectivity index (χ1v) is 10.4. The van der Waals surface area contributed by atoms with Crippen LogP contribution in [0.25, 0.3) is 0 Å².